The highest BCUT2D eigenvalue weighted by Crippen LogP contribution is 2.43. The number of pyridine rings is 1. The Morgan fingerprint density at radius 3 is 2.61 bits per heavy atom. The highest BCUT2D eigenvalue weighted by Gasteiger charge is 2.42. The number of furan rings is 1. The SMILES string of the molecule is O=C(O)c1cccc(-c2ccc([C@@H]3[C@@H](c4ccccn4)NC(=S)N3c3ccc(Cl)cc3)o2)c1. The average Bonchev–Trinajstić information content (AvgIpc) is 3.45. The summed E-state index contributed by atoms with van der Waals surface area (Å²) in [7, 11) is 0. The van der Waals surface area contributed by atoms with Crippen LogP contribution in [0.3, 0.4) is 0 Å². The van der Waals surface area contributed by atoms with Gasteiger partial charge >= 0.3 is 5.97 Å². The molecule has 0 amide bonds. The van der Waals surface area contributed by atoms with Crippen molar-refractivity contribution in [2.24, 2.45) is 0 Å². The van der Waals surface area contributed by atoms with Gasteiger partial charge in [-0.25, -0.2) is 4.79 Å². The maximum atomic E-state index is 11.4. The number of carboxylic acid groups (broad SMARTS) is 1. The number of hydrogen-bond acceptors (Lipinski definition) is 4. The van der Waals surface area contributed by atoms with Gasteiger partial charge in [0.15, 0.2) is 5.11 Å². The molecule has 164 valence electrons. The smallest absolute Gasteiger partial charge is 0.335 e. The van der Waals surface area contributed by atoms with Gasteiger partial charge < -0.3 is 19.7 Å². The van der Waals surface area contributed by atoms with Crippen molar-refractivity contribution >= 4 is 40.6 Å². The van der Waals surface area contributed by atoms with Crippen molar-refractivity contribution in [3.05, 3.63) is 107 Å². The standard InChI is InChI=1S/C25H18ClN3O3S/c26-17-7-9-18(10-8-17)29-23(22(28-25(29)33)19-6-1-2-13-27-19)21-12-11-20(32-21)15-4-3-5-16(14-15)24(30)31/h1-14,22-23H,(H,28,33)(H,30,31)/t22-,23-/m1/s1. The summed E-state index contributed by atoms with van der Waals surface area (Å²) in [5.41, 5.74) is 2.57. The van der Waals surface area contributed by atoms with E-state index in [2.05, 4.69) is 10.3 Å². The Morgan fingerprint density at radius 1 is 1.06 bits per heavy atom. The summed E-state index contributed by atoms with van der Waals surface area (Å²) in [6, 6.07) is 23.0. The zero-order valence-electron chi connectivity index (χ0n) is 17.2. The number of carbonyl (C=O) groups is 1. The summed E-state index contributed by atoms with van der Waals surface area (Å²) < 4.78 is 6.28. The Bertz CT molecular complexity index is 1320. The fourth-order valence-corrected chi connectivity index (χ4v) is 4.47. The molecular formula is C25H18ClN3O3S. The summed E-state index contributed by atoms with van der Waals surface area (Å²) in [5, 5.41) is 13.9. The zero-order valence-corrected chi connectivity index (χ0v) is 18.8. The number of carboxylic acids is 1. The summed E-state index contributed by atoms with van der Waals surface area (Å²) in [6.45, 7) is 0. The van der Waals surface area contributed by atoms with Crippen LogP contribution in [0.15, 0.2) is 89.5 Å². The topological polar surface area (TPSA) is 78.6 Å². The quantitative estimate of drug-likeness (QED) is 0.349. The van der Waals surface area contributed by atoms with Gasteiger partial charge in [-0.15, -0.1) is 0 Å². The van der Waals surface area contributed by atoms with E-state index in [1.165, 1.54) is 0 Å². The molecule has 2 aromatic heterocycles. The van der Waals surface area contributed by atoms with Crippen LogP contribution in [-0.4, -0.2) is 21.2 Å². The molecule has 4 aromatic rings. The Morgan fingerprint density at radius 2 is 1.88 bits per heavy atom. The van der Waals surface area contributed by atoms with Crippen LogP contribution < -0.4 is 10.2 Å². The van der Waals surface area contributed by atoms with Crippen LogP contribution in [0, 0.1) is 0 Å². The van der Waals surface area contributed by atoms with Crippen molar-refractivity contribution in [2.45, 2.75) is 12.1 Å². The summed E-state index contributed by atoms with van der Waals surface area (Å²) >= 11 is 11.8. The van der Waals surface area contributed by atoms with Gasteiger partial charge in [-0.2, -0.15) is 0 Å². The number of anilines is 1. The van der Waals surface area contributed by atoms with Crippen LogP contribution in [0.2, 0.25) is 5.02 Å². The predicted molar refractivity (Wildman–Crippen MR) is 130 cm³/mol. The molecule has 5 rings (SSSR count). The second-order valence-corrected chi connectivity index (χ2v) is 8.38. The van der Waals surface area contributed by atoms with Crippen molar-refractivity contribution in [3.8, 4) is 11.3 Å². The van der Waals surface area contributed by atoms with Crippen LogP contribution >= 0.6 is 23.8 Å². The number of thiocarbonyl (C=S) groups is 1. The molecule has 1 saturated heterocycles. The monoisotopic (exact) mass is 475 g/mol. The third-order valence-electron chi connectivity index (χ3n) is 5.52. The number of hydrogen-bond donors (Lipinski definition) is 2. The molecule has 1 aliphatic heterocycles. The minimum atomic E-state index is -0.988. The fraction of sp³-hybridized carbons (Fsp3) is 0.0800. The molecule has 0 unspecified atom stereocenters. The molecule has 0 spiro atoms. The summed E-state index contributed by atoms with van der Waals surface area (Å²) in [6.07, 6.45) is 1.74. The first-order valence-corrected chi connectivity index (χ1v) is 11.0. The lowest BCUT2D eigenvalue weighted by atomic mass is 10.0. The Balaban J connectivity index is 1.58. The molecule has 1 fully saturated rings. The van der Waals surface area contributed by atoms with Crippen molar-refractivity contribution in [1.29, 1.82) is 0 Å². The lowest BCUT2D eigenvalue weighted by Crippen LogP contribution is -2.29. The molecule has 8 heteroatoms. The van der Waals surface area contributed by atoms with E-state index in [-0.39, 0.29) is 17.6 Å². The predicted octanol–water partition coefficient (Wildman–Crippen LogP) is 5.87. The molecule has 0 saturated carbocycles. The number of aromatic nitrogens is 1. The second-order valence-electron chi connectivity index (χ2n) is 7.56. The van der Waals surface area contributed by atoms with Crippen LogP contribution in [-0.2, 0) is 0 Å². The lowest BCUT2D eigenvalue weighted by molar-refractivity contribution is 0.0697. The fourth-order valence-electron chi connectivity index (χ4n) is 4.00. The second kappa shape index (κ2) is 8.69. The van der Waals surface area contributed by atoms with Gasteiger partial charge in [0.2, 0.25) is 0 Å². The molecule has 1 aliphatic rings. The van der Waals surface area contributed by atoms with Gasteiger partial charge in [-0.05, 0) is 72.9 Å². The molecule has 0 bridgehead atoms. The van der Waals surface area contributed by atoms with Crippen LogP contribution in [0.4, 0.5) is 5.69 Å². The molecule has 2 atom stereocenters. The zero-order chi connectivity index (χ0) is 22.9. The first-order chi connectivity index (χ1) is 16.0. The minimum absolute atomic E-state index is 0.198. The van der Waals surface area contributed by atoms with Crippen LogP contribution in [0.1, 0.15) is 33.9 Å². The maximum Gasteiger partial charge on any atom is 0.335 e. The van der Waals surface area contributed by atoms with Crippen LogP contribution in [0.25, 0.3) is 11.3 Å². The molecule has 0 radical (unpaired) electrons. The minimum Gasteiger partial charge on any atom is -0.478 e. The maximum absolute atomic E-state index is 11.4. The van der Waals surface area contributed by atoms with Crippen molar-refractivity contribution < 1.29 is 14.3 Å². The summed E-state index contributed by atoms with van der Waals surface area (Å²) in [5.74, 6) is 0.253. The van der Waals surface area contributed by atoms with Gasteiger partial charge in [0.1, 0.15) is 17.6 Å². The Labute approximate surface area is 200 Å². The van der Waals surface area contributed by atoms with Gasteiger partial charge in [-0.1, -0.05) is 29.8 Å². The number of benzene rings is 2. The van der Waals surface area contributed by atoms with Crippen molar-refractivity contribution in [3.63, 3.8) is 0 Å². The molecule has 3 heterocycles. The van der Waals surface area contributed by atoms with Gasteiger partial charge in [0, 0.05) is 22.5 Å². The molecule has 6 nitrogen and oxygen atoms in total. The third-order valence-corrected chi connectivity index (χ3v) is 6.08. The van der Waals surface area contributed by atoms with Crippen molar-refractivity contribution in [2.75, 3.05) is 4.90 Å². The molecule has 0 aliphatic carbocycles. The Kier molecular flexibility index (Phi) is 5.58. The van der Waals surface area contributed by atoms with Crippen LogP contribution in [0.5, 0.6) is 0 Å². The largest absolute Gasteiger partial charge is 0.478 e. The third kappa shape index (κ3) is 4.08. The van der Waals surface area contributed by atoms with E-state index in [0.29, 0.717) is 27.2 Å². The number of aromatic carboxylic acids is 1. The van der Waals surface area contributed by atoms with E-state index >= 15 is 0 Å². The van der Waals surface area contributed by atoms with E-state index < -0.39 is 5.97 Å². The highest BCUT2D eigenvalue weighted by molar-refractivity contribution is 7.80. The molecule has 2 aromatic carbocycles. The average molecular weight is 476 g/mol. The molecule has 2 N–H and O–H groups in total. The normalized spacial score (nSPS) is 17.7. The molecular weight excluding hydrogens is 458 g/mol. The lowest BCUT2D eigenvalue weighted by Gasteiger charge is -2.26. The number of nitrogens with one attached hydrogen (secondary N) is 1. The van der Waals surface area contributed by atoms with Crippen molar-refractivity contribution in [1.82, 2.24) is 10.3 Å². The first-order valence-electron chi connectivity index (χ1n) is 10.2. The van der Waals surface area contributed by atoms with Gasteiger partial charge in [-0.3, -0.25) is 4.98 Å². The van der Waals surface area contributed by atoms with E-state index in [9.17, 15) is 9.90 Å². The Hall–Kier alpha value is -3.68. The highest BCUT2D eigenvalue weighted by atomic mass is 35.5. The van der Waals surface area contributed by atoms with E-state index in [1.54, 1.807) is 24.4 Å². The van der Waals surface area contributed by atoms with E-state index in [1.807, 2.05) is 65.6 Å². The van der Waals surface area contributed by atoms with E-state index in [4.69, 9.17) is 28.2 Å². The number of nitrogens with zero attached hydrogens (tertiary/aromatic N) is 2. The van der Waals surface area contributed by atoms with E-state index in [0.717, 1.165) is 11.4 Å². The van der Waals surface area contributed by atoms with Gasteiger partial charge in [0.25, 0.3) is 0 Å². The summed E-state index contributed by atoms with van der Waals surface area (Å²) in [4.78, 5) is 17.9. The molecule has 33 heavy (non-hydrogen) atoms. The number of halogens is 1. The first kappa shape index (κ1) is 21.2. The number of rotatable bonds is 5. The van der Waals surface area contributed by atoms with Gasteiger partial charge in [0.05, 0.1) is 17.3 Å².